The number of aromatic nitrogens is 2. The monoisotopic (exact) mass is 181 g/mol. The molecule has 0 saturated carbocycles. The summed E-state index contributed by atoms with van der Waals surface area (Å²) in [7, 11) is 0. The molecule has 0 saturated heterocycles. The fourth-order valence-electron chi connectivity index (χ4n) is 0.879. The van der Waals surface area contributed by atoms with Gasteiger partial charge in [-0.2, -0.15) is 0 Å². The molecule has 0 aromatic carbocycles. The van der Waals surface area contributed by atoms with E-state index >= 15 is 0 Å². The van der Waals surface area contributed by atoms with Crippen molar-refractivity contribution in [3.8, 4) is 0 Å². The summed E-state index contributed by atoms with van der Waals surface area (Å²) >= 11 is 0. The lowest BCUT2D eigenvalue weighted by Gasteiger charge is -2.09. The molecular formula is C8H11N3O2. The summed E-state index contributed by atoms with van der Waals surface area (Å²) in [6.07, 6.45) is 4.77. The molecule has 2 N–H and O–H groups in total. The standard InChI is InChI=1S/C8H11N3O2/c1-6(11-5-8(12)13)7-4-9-2-3-10-7/h2-4,6,11H,5H2,1H3,(H,12,13)/t6-/m0/s1. The Labute approximate surface area is 75.8 Å². The number of hydrogen-bond donors (Lipinski definition) is 2. The Balaban J connectivity index is 2.49. The maximum Gasteiger partial charge on any atom is 0.317 e. The SMILES string of the molecule is C[C@H](NCC(=O)O)c1cnccn1. The van der Waals surface area contributed by atoms with E-state index in [0.29, 0.717) is 0 Å². The third-order valence-corrected chi connectivity index (χ3v) is 1.59. The van der Waals surface area contributed by atoms with E-state index in [0.717, 1.165) is 5.69 Å². The van der Waals surface area contributed by atoms with Gasteiger partial charge in [-0.25, -0.2) is 0 Å². The van der Waals surface area contributed by atoms with Gasteiger partial charge in [0.2, 0.25) is 0 Å². The first-order chi connectivity index (χ1) is 6.20. The van der Waals surface area contributed by atoms with Gasteiger partial charge in [-0.1, -0.05) is 0 Å². The van der Waals surface area contributed by atoms with E-state index in [2.05, 4.69) is 15.3 Å². The first kappa shape index (κ1) is 9.60. The van der Waals surface area contributed by atoms with Crippen LogP contribution < -0.4 is 5.32 Å². The number of carbonyl (C=O) groups is 1. The molecule has 70 valence electrons. The van der Waals surface area contributed by atoms with Crippen molar-refractivity contribution in [2.45, 2.75) is 13.0 Å². The van der Waals surface area contributed by atoms with E-state index < -0.39 is 5.97 Å². The zero-order valence-electron chi connectivity index (χ0n) is 7.27. The Morgan fingerprint density at radius 2 is 2.46 bits per heavy atom. The smallest absolute Gasteiger partial charge is 0.317 e. The first-order valence-corrected chi connectivity index (χ1v) is 3.91. The van der Waals surface area contributed by atoms with Crippen molar-refractivity contribution >= 4 is 5.97 Å². The van der Waals surface area contributed by atoms with Crippen molar-refractivity contribution in [1.82, 2.24) is 15.3 Å². The van der Waals surface area contributed by atoms with Crippen LogP contribution in [0.1, 0.15) is 18.7 Å². The van der Waals surface area contributed by atoms with Gasteiger partial charge in [0, 0.05) is 24.6 Å². The molecule has 0 aliphatic rings. The van der Waals surface area contributed by atoms with Crippen molar-refractivity contribution in [3.63, 3.8) is 0 Å². The second-order valence-corrected chi connectivity index (χ2v) is 2.63. The van der Waals surface area contributed by atoms with Crippen LogP contribution in [0, 0.1) is 0 Å². The second kappa shape index (κ2) is 4.51. The molecule has 0 amide bonds. The molecule has 1 rings (SSSR count). The number of nitrogens with one attached hydrogen (secondary N) is 1. The molecule has 1 atom stereocenters. The molecule has 1 aromatic rings. The van der Waals surface area contributed by atoms with Crippen LogP contribution in [0.4, 0.5) is 0 Å². The van der Waals surface area contributed by atoms with E-state index in [4.69, 9.17) is 5.11 Å². The minimum Gasteiger partial charge on any atom is -0.480 e. The van der Waals surface area contributed by atoms with E-state index in [-0.39, 0.29) is 12.6 Å². The van der Waals surface area contributed by atoms with Crippen molar-refractivity contribution in [1.29, 1.82) is 0 Å². The maximum absolute atomic E-state index is 10.2. The van der Waals surface area contributed by atoms with Gasteiger partial charge >= 0.3 is 5.97 Å². The van der Waals surface area contributed by atoms with Crippen LogP contribution >= 0.6 is 0 Å². The molecule has 1 heterocycles. The average Bonchev–Trinajstić information content (AvgIpc) is 2.15. The van der Waals surface area contributed by atoms with Gasteiger partial charge in [0.25, 0.3) is 0 Å². The lowest BCUT2D eigenvalue weighted by atomic mass is 10.2. The number of nitrogens with zero attached hydrogens (tertiary/aromatic N) is 2. The zero-order chi connectivity index (χ0) is 9.68. The zero-order valence-corrected chi connectivity index (χ0v) is 7.27. The summed E-state index contributed by atoms with van der Waals surface area (Å²) in [5, 5.41) is 11.2. The number of carboxylic acids is 1. The van der Waals surface area contributed by atoms with Crippen LogP contribution in [-0.2, 0) is 4.79 Å². The first-order valence-electron chi connectivity index (χ1n) is 3.91. The third kappa shape index (κ3) is 3.16. The Morgan fingerprint density at radius 1 is 1.69 bits per heavy atom. The van der Waals surface area contributed by atoms with Crippen LogP contribution in [-0.4, -0.2) is 27.6 Å². The quantitative estimate of drug-likeness (QED) is 0.694. The highest BCUT2D eigenvalue weighted by Crippen LogP contribution is 2.04. The van der Waals surface area contributed by atoms with Crippen LogP contribution in [0.2, 0.25) is 0 Å². The third-order valence-electron chi connectivity index (χ3n) is 1.59. The van der Waals surface area contributed by atoms with Crippen LogP contribution in [0.5, 0.6) is 0 Å². The van der Waals surface area contributed by atoms with Gasteiger partial charge < -0.3 is 5.11 Å². The number of hydrogen-bond acceptors (Lipinski definition) is 4. The molecule has 13 heavy (non-hydrogen) atoms. The molecule has 1 aromatic heterocycles. The Hall–Kier alpha value is -1.49. The van der Waals surface area contributed by atoms with E-state index in [9.17, 15) is 4.79 Å². The summed E-state index contributed by atoms with van der Waals surface area (Å²) in [5.74, 6) is -0.879. The Kier molecular flexibility index (Phi) is 3.33. The average molecular weight is 181 g/mol. The fraction of sp³-hybridized carbons (Fsp3) is 0.375. The van der Waals surface area contributed by atoms with Gasteiger partial charge in [-0.15, -0.1) is 0 Å². The lowest BCUT2D eigenvalue weighted by molar-refractivity contribution is -0.136. The number of carboxylic acid groups (broad SMARTS) is 1. The molecule has 0 spiro atoms. The maximum atomic E-state index is 10.2. The van der Waals surface area contributed by atoms with Crippen molar-refractivity contribution in [3.05, 3.63) is 24.3 Å². The molecule has 0 radical (unpaired) electrons. The molecule has 0 aliphatic carbocycles. The highest BCUT2D eigenvalue weighted by Gasteiger charge is 2.06. The molecule has 0 unspecified atom stereocenters. The van der Waals surface area contributed by atoms with Gasteiger partial charge in [0.1, 0.15) is 0 Å². The summed E-state index contributed by atoms with van der Waals surface area (Å²) in [6.45, 7) is 1.77. The topological polar surface area (TPSA) is 75.1 Å². The summed E-state index contributed by atoms with van der Waals surface area (Å²) in [4.78, 5) is 18.2. The molecule has 0 bridgehead atoms. The predicted molar refractivity (Wildman–Crippen MR) is 46.1 cm³/mol. The van der Waals surface area contributed by atoms with Crippen molar-refractivity contribution in [2.24, 2.45) is 0 Å². The van der Waals surface area contributed by atoms with E-state index in [1.54, 1.807) is 18.6 Å². The fourth-order valence-corrected chi connectivity index (χ4v) is 0.879. The van der Waals surface area contributed by atoms with Crippen molar-refractivity contribution in [2.75, 3.05) is 6.54 Å². The van der Waals surface area contributed by atoms with Gasteiger partial charge in [0.05, 0.1) is 12.2 Å². The van der Waals surface area contributed by atoms with Crippen molar-refractivity contribution < 1.29 is 9.90 Å². The minimum atomic E-state index is -0.879. The van der Waals surface area contributed by atoms with Gasteiger partial charge in [0.15, 0.2) is 0 Å². The summed E-state index contributed by atoms with van der Waals surface area (Å²) < 4.78 is 0. The summed E-state index contributed by atoms with van der Waals surface area (Å²) in [6, 6.07) is -0.0928. The minimum absolute atomic E-state index is 0.0717. The largest absolute Gasteiger partial charge is 0.480 e. The van der Waals surface area contributed by atoms with E-state index in [1.165, 1.54) is 0 Å². The van der Waals surface area contributed by atoms with Gasteiger partial charge in [-0.3, -0.25) is 20.1 Å². The molecule has 0 fully saturated rings. The van der Waals surface area contributed by atoms with E-state index in [1.807, 2.05) is 6.92 Å². The molecule has 5 nitrogen and oxygen atoms in total. The Morgan fingerprint density at radius 3 is 3.00 bits per heavy atom. The molecule has 0 aliphatic heterocycles. The number of rotatable bonds is 4. The lowest BCUT2D eigenvalue weighted by Crippen LogP contribution is -2.26. The highest BCUT2D eigenvalue weighted by atomic mass is 16.4. The normalized spacial score (nSPS) is 12.4. The molecular weight excluding hydrogens is 170 g/mol. The highest BCUT2D eigenvalue weighted by molar-refractivity contribution is 5.69. The van der Waals surface area contributed by atoms with Crippen LogP contribution in [0.25, 0.3) is 0 Å². The molecule has 5 heteroatoms. The second-order valence-electron chi connectivity index (χ2n) is 2.63. The summed E-state index contributed by atoms with van der Waals surface area (Å²) in [5.41, 5.74) is 0.740. The Bertz CT molecular complexity index is 276. The van der Waals surface area contributed by atoms with Gasteiger partial charge in [-0.05, 0) is 6.92 Å². The predicted octanol–water partition coefficient (Wildman–Crippen LogP) is 0.212. The van der Waals surface area contributed by atoms with Crippen LogP contribution in [0.3, 0.4) is 0 Å². The number of aliphatic carboxylic acids is 1. The van der Waals surface area contributed by atoms with Crippen LogP contribution in [0.15, 0.2) is 18.6 Å².